The number of fused-ring (bicyclic) bond motifs is 1. The van der Waals surface area contributed by atoms with Gasteiger partial charge in [-0.1, -0.05) is 13.3 Å². The Hall–Kier alpha value is -3.40. The number of carbonyl (C=O) groups is 3. The molecule has 0 saturated heterocycles. The Labute approximate surface area is 177 Å². The molecule has 1 atom stereocenters. The zero-order chi connectivity index (χ0) is 22.1. The number of ether oxygens (including phenoxy) is 1. The lowest BCUT2D eigenvalue weighted by atomic mass is 9.83. The molecule has 4 N–H and O–H groups in total. The number of aromatic nitrogens is 2. The van der Waals surface area contributed by atoms with Crippen molar-refractivity contribution < 1.29 is 29.3 Å². The van der Waals surface area contributed by atoms with Crippen molar-refractivity contribution >= 4 is 35.1 Å². The molecule has 1 unspecified atom stereocenters. The molecule has 30 heavy (non-hydrogen) atoms. The number of allylic oxidation sites excluding steroid dienone is 1. The Morgan fingerprint density at radius 2 is 1.93 bits per heavy atom. The summed E-state index contributed by atoms with van der Waals surface area (Å²) < 4.78 is 5.31. The van der Waals surface area contributed by atoms with Gasteiger partial charge in [-0.3, -0.25) is 5.10 Å². The Kier molecular flexibility index (Phi) is 8.36. The summed E-state index contributed by atoms with van der Waals surface area (Å²) in [5.41, 5.74) is 3.72. The smallest absolute Gasteiger partial charge is 0.336 e. The molecule has 0 aromatic carbocycles. The number of thiophene rings is 1. The Morgan fingerprint density at radius 3 is 2.47 bits per heavy atom. The minimum Gasteiger partial charge on any atom is -0.478 e. The van der Waals surface area contributed by atoms with Crippen LogP contribution in [0.3, 0.4) is 0 Å². The molecule has 0 bridgehead atoms. The Morgan fingerprint density at radius 1 is 1.23 bits per heavy atom. The average Bonchev–Trinajstić information content (AvgIpc) is 3.38. The first kappa shape index (κ1) is 22.9. The molecule has 0 fully saturated rings. The van der Waals surface area contributed by atoms with E-state index in [1.165, 1.54) is 0 Å². The third kappa shape index (κ3) is 5.80. The summed E-state index contributed by atoms with van der Waals surface area (Å²) in [4.78, 5) is 31.7. The number of carboxylic acid groups (broad SMARTS) is 2. The van der Waals surface area contributed by atoms with Gasteiger partial charge in [0.25, 0.3) is 0 Å². The fourth-order valence-electron chi connectivity index (χ4n) is 2.99. The first-order chi connectivity index (χ1) is 14.4. The molecular formula is C20H23N3O6S. The van der Waals surface area contributed by atoms with Crippen LogP contribution in [0, 0.1) is 0 Å². The molecule has 3 rings (SSSR count). The quantitative estimate of drug-likeness (QED) is 0.385. The van der Waals surface area contributed by atoms with E-state index < -0.39 is 11.9 Å². The lowest BCUT2D eigenvalue weighted by Gasteiger charge is -2.28. The van der Waals surface area contributed by atoms with Gasteiger partial charge in [-0.05, 0) is 35.7 Å². The van der Waals surface area contributed by atoms with E-state index in [4.69, 9.17) is 14.9 Å². The van der Waals surface area contributed by atoms with Crippen LogP contribution in [-0.4, -0.2) is 44.9 Å². The second-order valence-corrected chi connectivity index (χ2v) is 6.97. The number of anilines is 1. The minimum absolute atomic E-state index is 0.123. The molecule has 0 saturated carbocycles. The third-order valence-corrected chi connectivity index (χ3v) is 4.81. The predicted molar refractivity (Wildman–Crippen MR) is 111 cm³/mol. The highest BCUT2D eigenvalue weighted by Crippen LogP contribution is 2.42. The highest BCUT2D eigenvalue weighted by atomic mass is 32.1. The molecule has 2 aromatic rings. The molecule has 10 heteroatoms. The molecule has 1 aliphatic rings. The van der Waals surface area contributed by atoms with Crippen LogP contribution in [0.25, 0.3) is 0 Å². The molecular weight excluding hydrogens is 410 g/mol. The zero-order valence-corrected chi connectivity index (χ0v) is 17.4. The van der Waals surface area contributed by atoms with Gasteiger partial charge in [0, 0.05) is 29.3 Å². The van der Waals surface area contributed by atoms with E-state index in [0.717, 1.165) is 35.5 Å². The molecule has 9 nitrogen and oxygen atoms in total. The first-order valence-corrected chi connectivity index (χ1v) is 10.2. The molecule has 0 aliphatic carbocycles. The van der Waals surface area contributed by atoms with Crippen molar-refractivity contribution in [2.45, 2.75) is 32.6 Å². The van der Waals surface area contributed by atoms with Gasteiger partial charge in [-0.25, -0.2) is 14.4 Å². The average molecular weight is 433 g/mol. The molecule has 3 heterocycles. The van der Waals surface area contributed by atoms with Gasteiger partial charge in [0.15, 0.2) is 0 Å². The lowest BCUT2D eigenvalue weighted by Crippen LogP contribution is -2.24. The largest absolute Gasteiger partial charge is 0.478 e. The van der Waals surface area contributed by atoms with Crippen molar-refractivity contribution in [3.63, 3.8) is 0 Å². The van der Waals surface area contributed by atoms with Crippen molar-refractivity contribution in [1.82, 2.24) is 10.2 Å². The van der Waals surface area contributed by atoms with Crippen molar-refractivity contribution in [3.05, 3.63) is 57.6 Å². The number of aromatic amines is 1. The summed E-state index contributed by atoms with van der Waals surface area (Å²) in [6.45, 7) is 4.30. The van der Waals surface area contributed by atoms with Gasteiger partial charge in [0.2, 0.25) is 0 Å². The monoisotopic (exact) mass is 433 g/mol. The fourth-order valence-corrected chi connectivity index (χ4v) is 3.67. The molecule has 0 spiro atoms. The van der Waals surface area contributed by atoms with Gasteiger partial charge in [-0.2, -0.15) is 16.4 Å². The number of hydrogen-bond acceptors (Lipinski definition) is 7. The highest BCUT2D eigenvalue weighted by molar-refractivity contribution is 7.08. The van der Waals surface area contributed by atoms with Crippen molar-refractivity contribution in [2.75, 3.05) is 11.9 Å². The first-order valence-electron chi connectivity index (χ1n) is 9.25. The Balaban J connectivity index is 0.000000343. The Bertz CT molecular complexity index is 930. The van der Waals surface area contributed by atoms with Gasteiger partial charge in [0.05, 0.1) is 18.4 Å². The number of aliphatic carboxylic acids is 2. The van der Waals surface area contributed by atoms with Crippen LogP contribution < -0.4 is 5.32 Å². The number of nitrogens with one attached hydrogen (secondary N) is 2. The molecule has 2 aromatic heterocycles. The van der Waals surface area contributed by atoms with Crippen molar-refractivity contribution in [3.8, 4) is 0 Å². The lowest BCUT2D eigenvalue weighted by molar-refractivity contribution is -0.139. The number of carbonyl (C=O) groups excluding carboxylic acids is 1. The van der Waals surface area contributed by atoms with Crippen molar-refractivity contribution in [2.24, 2.45) is 0 Å². The van der Waals surface area contributed by atoms with Crippen LogP contribution in [0.5, 0.6) is 0 Å². The van der Waals surface area contributed by atoms with Crippen LogP contribution >= 0.6 is 11.3 Å². The number of hydrogen-bond donors (Lipinski definition) is 4. The number of H-pyrrole nitrogens is 1. The van der Waals surface area contributed by atoms with Crippen molar-refractivity contribution in [1.29, 1.82) is 0 Å². The second-order valence-electron chi connectivity index (χ2n) is 6.19. The van der Waals surface area contributed by atoms with E-state index in [9.17, 15) is 14.4 Å². The van der Waals surface area contributed by atoms with Gasteiger partial charge < -0.3 is 20.3 Å². The summed E-state index contributed by atoms with van der Waals surface area (Å²) in [7, 11) is 0. The zero-order valence-electron chi connectivity index (χ0n) is 16.5. The van der Waals surface area contributed by atoms with Gasteiger partial charge in [0.1, 0.15) is 5.82 Å². The number of rotatable bonds is 7. The molecule has 160 valence electrons. The van der Waals surface area contributed by atoms with Crippen LogP contribution in [0.15, 0.2) is 46.4 Å². The van der Waals surface area contributed by atoms with Crippen LogP contribution in [0.2, 0.25) is 0 Å². The normalized spacial score (nSPS) is 15.1. The van der Waals surface area contributed by atoms with Crippen LogP contribution in [0.4, 0.5) is 5.82 Å². The number of nitrogens with zero attached hydrogens (tertiary/aromatic N) is 1. The van der Waals surface area contributed by atoms with E-state index in [-0.39, 0.29) is 11.9 Å². The predicted octanol–water partition coefficient (Wildman–Crippen LogP) is 3.36. The highest BCUT2D eigenvalue weighted by Gasteiger charge is 2.35. The summed E-state index contributed by atoms with van der Waals surface area (Å²) in [6.07, 6.45) is 4.65. The van der Waals surface area contributed by atoms with E-state index >= 15 is 0 Å². The SMILES string of the molecule is CCCC1=C(C(=O)OCC)C(c2ccsc2)c2cn[nH]c2N1.O=C(O)/C=C\C(=O)O. The third-order valence-electron chi connectivity index (χ3n) is 4.11. The minimum atomic E-state index is -1.26. The number of carboxylic acids is 2. The summed E-state index contributed by atoms with van der Waals surface area (Å²) >= 11 is 1.63. The molecule has 0 amide bonds. The van der Waals surface area contributed by atoms with E-state index in [1.54, 1.807) is 17.5 Å². The fraction of sp³-hybridized carbons (Fsp3) is 0.300. The maximum atomic E-state index is 12.6. The van der Waals surface area contributed by atoms with E-state index in [1.807, 2.05) is 12.3 Å². The summed E-state index contributed by atoms with van der Waals surface area (Å²) in [6, 6.07) is 2.06. The van der Waals surface area contributed by atoms with Crippen LogP contribution in [0.1, 0.15) is 43.7 Å². The van der Waals surface area contributed by atoms with E-state index in [2.05, 4.69) is 33.9 Å². The number of esters is 1. The topological polar surface area (TPSA) is 142 Å². The maximum Gasteiger partial charge on any atom is 0.336 e. The van der Waals surface area contributed by atoms with Gasteiger partial charge >= 0.3 is 17.9 Å². The van der Waals surface area contributed by atoms with Crippen LogP contribution in [-0.2, 0) is 19.1 Å². The van der Waals surface area contributed by atoms with E-state index in [0.29, 0.717) is 24.3 Å². The summed E-state index contributed by atoms with van der Waals surface area (Å²) in [5, 5.41) is 30.2. The standard InChI is InChI=1S/C16H19N3O2S.C4H4O4/c1-3-5-12-14(16(20)21-4-2)13(10-6-7-22-9-10)11-8-17-19-15(11)18-12;5-3(6)1-2-4(7)8/h6-9,13H,3-5H2,1-2H3,(H2,17,18,19);1-2H,(H,5,6)(H,7,8)/b;2-1-. The van der Waals surface area contributed by atoms with Gasteiger partial charge in [-0.15, -0.1) is 0 Å². The second kappa shape index (κ2) is 11.0. The maximum absolute atomic E-state index is 12.6. The summed E-state index contributed by atoms with van der Waals surface area (Å²) in [5.74, 6) is -2.02. The molecule has 1 aliphatic heterocycles. The molecule has 0 radical (unpaired) electrons.